The van der Waals surface area contributed by atoms with Crippen LogP contribution in [0.15, 0.2) is 47.1 Å². The van der Waals surface area contributed by atoms with Crippen LogP contribution < -0.4 is 9.47 Å². The highest BCUT2D eigenvalue weighted by atomic mass is 16.5. The Morgan fingerprint density at radius 2 is 2.16 bits per heavy atom. The van der Waals surface area contributed by atoms with Crippen molar-refractivity contribution < 1.29 is 14.0 Å². The lowest BCUT2D eigenvalue weighted by atomic mass is 9.87. The van der Waals surface area contributed by atoms with Gasteiger partial charge in [0.25, 0.3) is 0 Å². The number of benzene rings is 1. The van der Waals surface area contributed by atoms with Crippen molar-refractivity contribution in [1.82, 2.24) is 15.1 Å². The molecule has 1 saturated carbocycles. The molecule has 1 aromatic carbocycles. The number of ether oxygens (including phenoxy) is 2. The minimum atomic E-state index is 0.0780. The zero-order chi connectivity index (χ0) is 16.9. The highest BCUT2D eigenvalue weighted by molar-refractivity contribution is 5.56. The first-order valence-electron chi connectivity index (χ1n) is 8.36. The molecule has 1 aliphatic carbocycles. The second-order valence-electron chi connectivity index (χ2n) is 6.55. The third-order valence-corrected chi connectivity index (χ3v) is 5.25. The van der Waals surface area contributed by atoms with Gasteiger partial charge in [0, 0.05) is 34.7 Å². The van der Waals surface area contributed by atoms with Gasteiger partial charge in [-0.15, -0.1) is 0 Å². The van der Waals surface area contributed by atoms with Gasteiger partial charge >= 0.3 is 0 Å². The average Bonchev–Trinajstić information content (AvgIpc) is 3.16. The van der Waals surface area contributed by atoms with E-state index < -0.39 is 0 Å². The Balaban J connectivity index is 1.46. The molecule has 2 aromatic heterocycles. The van der Waals surface area contributed by atoms with Gasteiger partial charge in [0.2, 0.25) is 17.6 Å². The molecule has 3 heterocycles. The molecule has 1 spiro atoms. The molecule has 0 amide bonds. The standard InChI is InChI=1S/C19H17N3O3/c1-23-16-10-12(6-8-20-16)17-21-18(25-22-17)14-11-19(14)7-9-24-15-5-3-2-4-13(15)19/h2-6,8,10,14H,7,9,11H2,1H3/t14-,19+/m1/s1. The molecule has 0 saturated heterocycles. The lowest BCUT2D eigenvalue weighted by Crippen LogP contribution is -2.21. The first kappa shape index (κ1) is 14.5. The summed E-state index contributed by atoms with van der Waals surface area (Å²) in [6.07, 6.45) is 3.68. The number of hydrogen-bond donors (Lipinski definition) is 0. The van der Waals surface area contributed by atoms with Crippen LogP contribution in [-0.2, 0) is 5.41 Å². The van der Waals surface area contributed by atoms with E-state index in [9.17, 15) is 0 Å². The fourth-order valence-corrected chi connectivity index (χ4v) is 3.84. The van der Waals surface area contributed by atoms with Gasteiger partial charge in [-0.3, -0.25) is 0 Å². The van der Waals surface area contributed by atoms with Crippen molar-refractivity contribution in [2.24, 2.45) is 0 Å². The number of nitrogens with zero attached hydrogens (tertiary/aromatic N) is 3. The number of methoxy groups -OCH3 is 1. The second-order valence-corrected chi connectivity index (χ2v) is 6.55. The van der Waals surface area contributed by atoms with Crippen LogP contribution in [0.3, 0.4) is 0 Å². The molecule has 2 aliphatic rings. The third kappa shape index (κ3) is 2.21. The number of rotatable bonds is 3. The van der Waals surface area contributed by atoms with E-state index >= 15 is 0 Å². The van der Waals surface area contributed by atoms with Crippen LogP contribution >= 0.6 is 0 Å². The Bertz CT molecular complexity index is 939. The molecule has 126 valence electrons. The quantitative estimate of drug-likeness (QED) is 0.731. The van der Waals surface area contributed by atoms with Crippen molar-refractivity contribution >= 4 is 0 Å². The van der Waals surface area contributed by atoms with Crippen LogP contribution in [0.2, 0.25) is 0 Å². The average molecular weight is 335 g/mol. The van der Waals surface area contributed by atoms with Crippen LogP contribution in [0.25, 0.3) is 11.4 Å². The fourth-order valence-electron chi connectivity index (χ4n) is 3.84. The molecule has 1 fully saturated rings. The Kier molecular flexibility index (Phi) is 3.07. The van der Waals surface area contributed by atoms with Gasteiger partial charge < -0.3 is 14.0 Å². The number of aromatic nitrogens is 3. The number of para-hydroxylation sites is 1. The monoisotopic (exact) mass is 335 g/mol. The van der Waals surface area contributed by atoms with Gasteiger partial charge in [-0.1, -0.05) is 23.4 Å². The normalized spacial score (nSPS) is 23.8. The molecule has 25 heavy (non-hydrogen) atoms. The van der Waals surface area contributed by atoms with Gasteiger partial charge in [0.15, 0.2) is 0 Å². The fraction of sp³-hybridized carbons (Fsp3) is 0.316. The molecule has 0 unspecified atom stereocenters. The molecule has 3 aromatic rings. The summed E-state index contributed by atoms with van der Waals surface area (Å²) in [7, 11) is 1.59. The third-order valence-electron chi connectivity index (χ3n) is 5.25. The Morgan fingerprint density at radius 1 is 1.24 bits per heavy atom. The summed E-state index contributed by atoms with van der Waals surface area (Å²) < 4.78 is 16.6. The van der Waals surface area contributed by atoms with Crippen molar-refractivity contribution in [3.8, 4) is 23.0 Å². The van der Waals surface area contributed by atoms with Gasteiger partial charge in [-0.25, -0.2) is 4.98 Å². The minimum Gasteiger partial charge on any atom is -0.493 e. The molecule has 0 N–H and O–H groups in total. The summed E-state index contributed by atoms with van der Waals surface area (Å²) in [6, 6.07) is 11.9. The van der Waals surface area contributed by atoms with E-state index in [-0.39, 0.29) is 11.3 Å². The largest absolute Gasteiger partial charge is 0.493 e. The Hall–Kier alpha value is -2.89. The predicted octanol–water partition coefficient (Wildman–Crippen LogP) is 3.35. The first-order chi connectivity index (χ1) is 12.3. The molecule has 6 heteroatoms. The Morgan fingerprint density at radius 3 is 3.08 bits per heavy atom. The van der Waals surface area contributed by atoms with Gasteiger partial charge in [-0.05, 0) is 25.0 Å². The highest BCUT2D eigenvalue weighted by Gasteiger charge is 2.60. The summed E-state index contributed by atoms with van der Waals surface area (Å²) in [4.78, 5) is 8.75. The summed E-state index contributed by atoms with van der Waals surface area (Å²) in [5.41, 5.74) is 2.18. The van der Waals surface area contributed by atoms with E-state index in [4.69, 9.17) is 14.0 Å². The molecular weight excluding hydrogens is 318 g/mol. The maximum absolute atomic E-state index is 5.80. The molecule has 6 nitrogen and oxygen atoms in total. The minimum absolute atomic E-state index is 0.0780. The smallest absolute Gasteiger partial charge is 0.231 e. The van der Waals surface area contributed by atoms with Crippen molar-refractivity contribution in [3.05, 3.63) is 54.0 Å². The summed E-state index contributed by atoms with van der Waals surface area (Å²) >= 11 is 0. The van der Waals surface area contributed by atoms with Crippen LogP contribution in [0, 0.1) is 0 Å². The van der Waals surface area contributed by atoms with E-state index in [0.717, 1.165) is 30.8 Å². The van der Waals surface area contributed by atoms with Crippen LogP contribution in [0.4, 0.5) is 0 Å². The summed E-state index contributed by atoms with van der Waals surface area (Å²) in [6.45, 7) is 0.732. The summed E-state index contributed by atoms with van der Waals surface area (Å²) in [5.74, 6) is 3.03. The van der Waals surface area contributed by atoms with E-state index in [1.165, 1.54) is 5.56 Å². The predicted molar refractivity (Wildman–Crippen MR) is 89.7 cm³/mol. The Labute approximate surface area is 144 Å². The van der Waals surface area contributed by atoms with Gasteiger partial charge in [0.1, 0.15) is 5.75 Å². The van der Waals surface area contributed by atoms with Crippen molar-refractivity contribution in [3.63, 3.8) is 0 Å². The lowest BCUT2D eigenvalue weighted by molar-refractivity contribution is 0.254. The van der Waals surface area contributed by atoms with Crippen LogP contribution in [0.5, 0.6) is 11.6 Å². The molecule has 1 aliphatic heterocycles. The second kappa shape index (κ2) is 5.31. The maximum Gasteiger partial charge on any atom is 0.231 e. The van der Waals surface area contributed by atoms with Gasteiger partial charge in [0.05, 0.1) is 13.7 Å². The molecule has 0 bridgehead atoms. The van der Waals surface area contributed by atoms with E-state index in [1.54, 1.807) is 19.4 Å². The number of fused-ring (bicyclic) bond motifs is 2. The van der Waals surface area contributed by atoms with Crippen molar-refractivity contribution in [2.45, 2.75) is 24.2 Å². The summed E-state index contributed by atoms with van der Waals surface area (Å²) in [5, 5.41) is 4.16. The lowest BCUT2D eigenvalue weighted by Gasteiger charge is -2.26. The maximum atomic E-state index is 5.80. The van der Waals surface area contributed by atoms with Crippen LogP contribution in [-0.4, -0.2) is 28.8 Å². The van der Waals surface area contributed by atoms with Crippen LogP contribution in [0.1, 0.15) is 30.2 Å². The molecular formula is C19H17N3O3. The van der Waals surface area contributed by atoms with Gasteiger partial charge in [-0.2, -0.15) is 4.98 Å². The first-order valence-corrected chi connectivity index (χ1v) is 8.36. The molecule has 2 atom stereocenters. The van der Waals surface area contributed by atoms with Crippen molar-refractivity contribution in [1.29, 1.82) is 0 Å². The SMILES string of the molecule is COc1cc(-c2noc([C@H]3C[C@]34CCOc3ccccc34)n2)ccn1. The topological polar surface area (TPSA) is 70.3 Å². The van der Waals surface area contributed by atoms with E-state index in [2.05, 4.69) is 27.3 Å². The zero-order valence-corrected chi connectivity index (χ0v) is 13.8. The van der Waals surface area contributed by atoms with E-state index in [0.29, 0.717) is 17.6 Å². The molecule has 0 radical (unpaired) electrons. The molecule has 5 rings (SSSR count). The number of hydrogen-bond acceptors (Lipinski definition) is 6. The number of pyridine rings is 1. The zero-order valence-electron chi connectivity index (χ0n) is 13.8. The van der Waals surface area contributed by atoms with E-state index in [1.807, 2.05) is 18.2 Å². The van der Waals surface area contributed by atoms with Crippen molar-refractivity contribution in [2.75, 3.05) is 13.7 Å². The highest BCUT2D eigenvalue weighted by Crippen LogP contribution is 2.65.